The zero-order valence-corrected chi connectivity index (χ0v) is 14.5. The van der Waals surface area contributed by atoms with Crippen molar-refractivity contribution in [3.05, 3.63) is 75.4 Å². The zero-order chi connectivity index (χ0) is 16.5. The second-order valence-electron chi connectivity index (χ2n) is 5.89. The van der Waals surface area contributed by atoms with Gasteiger partial charge in [0, 0.05) is 10.6 Å². The van der Waals surface area contributed by atoms with E-state index < -0.39 is 0 Å². The first-order valence-corrected chi connectivity index (χ1v) is 9.16. The molecule has 0 saturated heterocycles. The topological polar surface area (TPSA) is 32.6 Å². The normalized spacial score (nSPS) is 17.0. The largest absolute Gasteiger partial charge is 0.506 e. The van der Waals surface area contributed by atoms with Crippen molar-refractivity contribution in [2.45, 2.75) is 18.9 Å². The zero-order valence-electron chi connectivity index (χ0n) is 12.9. The quantitative estimate of drug-likeness (QED) is 0.606. The molecule has 1 aliphatic heterocycles. The second kappa shape index (κ2) is 6.42. The highest BCUT2D eigenvalue weighted by Crippen LogP contribution is 2.34. The van der Waals surface area contributed by atoms with Gasteiger partial charge in [-0.05, 0) is 53.1 Å². The Bertz CT molecular complexity index is 885. The number of benzene rings is 2. The minimum Gasteiger partial charge on any atom is -0.506 e. The molecule has 24 heavy (non-hydrogen) atoms. The van der Waals surface area contributed by atoms with Gasteiger partial charge in [-0.25, -0.2) is 0 Å². The summed E-state index contributed by atoms with van der Waals surface area (Å²) < 4.78 is 0. The predicted molar refractivity (Wildman–Crippen MR) is 101 cm³/mol. The van der Waals surface area contributed by atoms with E-state index in [9.17, 15) is 5.11 Å². The van der Waals surface area contributed by atoms with Gasteiger partial charge in [-0.2, -0.15) is 0 Å². The van der Waals surface area contributed by atoms with Crippen LogP contribution in [-0.2, 0) is 0 Å². The Hall–Kier alpha value is -2.10. The van der Waals surface area contributed by atoms with Crippen LogP contribution in [0.25, 0.3) is 11.1 Å². The number of thiophene rings is 1. The number of aromatic hydroxyl groups is 1. The molecule has 4 rings (SSSR count). The maximum absolute atomic E-state index is 9.53. The lowest BCUT2D eigenvalue weighted by Gasteiger charge is -2.06. The standard InChI is InChI=1S/C20H16ClNOS/c21-16-12-15(7-10-19(16)23)13-3-5-14(6-4-13)17-8-9-18(22-17)20-2-1-11-24-20/h1-7,10-12,18,23H,8-9H2. The van der Waals surface area contributed by atoms with E-state index in [2.05, 4.69) is 41.8 Å². The van der Waals surface area contributed by atoms with Crippen LogP contribution in [-0.4, -0.2) is 10.8 Å². The van der Waals surface area contributed by atoms with Gasteiger partial charge >= 0.3 is 0 Å². The van der Waals surface area contributed by atoms with E-state index in [0.29, 0.717) is 11.1 Å². The van der Waals surface area contributed by atoms with Crippen LogP contribution in [0.1, 0.15) is 29.3 Å². The molecule has 0 radical (unpaired) electrons. The molecular formula is C20H16ClNOS. The van der Waals surface area contributed by atoms with Gasteiger partial charge in [0.15, 0.2) is 0 Å². The third kappa shape index (κ3) is 2.97. The maximum atomic E-state index is 9.53. The number of hydrogen-bond acceptors (Lipinski definition) is 3. The highest BCUT2D eigenvalue weighted by atomic mass is 35.5. The summed E-state index contributed by atoms with van der Waals surface area (Å²) in [5.41, 5.74) is 4.44. The van der Waals surface area contributed by atoms with Crippen LogP contribution in [0.15, 0.2) is 65.0 Å². The van der Waals surface area contributed by atoms with E-state index in [1.165, 1.54) is 16.2 Å². The molecule has 0 amide bonds. The minimum atomic E-state index is 0.108. The van der Waals surface area contributed by atoms with Gasteiger partial charge in [0.05, 0.1) is 11.1 Å². The average Bonchev–Trinajstić information content (AvgIpc) is 3.28. The van der Waals surface area contributed by atoms with Crippen LogP contribution in [0, 0.1) is 0 Å². The molecule has 1 aromatic heterocycles. The van der Waals surface area contributed by atoms with Gasteiger partial charge in [0.25, 0.3) is 0 Å². The SMILES string of the molecule is Oc1ccc(-c2ccc(C3=NC(c4cccs4)CC3)cc2)cc1Cl. The third-order valence-corrected chi connectivity index (χ3v) is 5.61. The van der Waals surface area contributed by atoms with E-state index in [1.807, 2.05) is 6.07 Å². The van der Waals surface area contributed by atoms with Crippen molar-refractivity contribution in [2.24, 2.45) is 4.99 Å². The van der Waals surface area contributed by atoms with Crippen LogP contribution in [0.2, 0.25) is 5.02 Å². The van der Waals surface area contributed by atoms with E-state index in [4.69, 9.17) is 16.6 Å². The van der Waals surface area contributed by atoms with Crippen molar-refractivity contribution < 1.29 is 5.11 Å². The first kappa shape index (κ1) is 15.4. The molecule has 0 aliphatic carbocycles. The smallest absolute Gasteiger partial charge is 0.134 e. The van der Waals surface area contributed by atoms with Gasteiger partial charge in [0.1, 0.15) is 5.75 Å². The number of hydrogen-bond donors (Lipinski definition) is 1. The summed E-state index contributed by atoms with van der Waals surface area (Å²) in [6, 6.07) is 18.2. The van der Waals surface area contributed by atoms with Gasteiger partial charge in [-0.3, -0.25) is 4.99 Å². The van der Waals surface area contributed by atoms with Crippen molar-refractivity contribution in [2.75, 3.05) is 0 Å². The van der Waals surface area contributed by atoms with Crippen LogP contribution in [0.3, 0.4) is 0 Å². The molecule has 0 spiro atoms. The summed E-state index contributed by atoms with van der Waals surface area (Å²) in [6.07, 6.45) is 2.11. The summed E-state index contributed by atoms with van der Waals surface area (Å²) in [5, 5.41) is 12.0. The molecule has 2 aromatic carbocycles. The first-order valence-electron chi connectivity index (χ1n) is 7.90. The number of phenolic OH excluding ortho intramolecular Hbond substituents is 1. The summed E-state index contributed by atoms with van der Waals surface area (Å²) in [7, 11) is 0. The van der Waals surface area contributed by atoms with Crippen LogP contribution in [0.4, 0.5) is 0 Å². The average molecular weight is 354 g/mol. The molecule has 3 aromatic rings. The maximum Gasteiger partial charge on any atom is 0.134 e. The lowest BCUT2D eigenvalue weighted by atomic mass is 10.0. The number of halogens is 1. The van der Waals surface area contributed by atoms with E-state index in [1.54, 1.807) is 23.5 Å². The summed E-state index contributed by atoms with van der Waals surface area (Å²) in [4.78, 5) is 6.25. The molecule has 2 heterocycles. The molecule has 1 N–H and O–H groups in total. The van der Waals surface area contributed by atoms with Gasteiger partial charge in [-0.1, -0.05) is 48.0 Å². The lowest BCUT2D eigenvalue weighted by molar-refractivity contribution is 0.475. The summed E-state index contributed by atoms with van der Waals surface area (Å²) in [6.45, 7) is 0. The van der Waals surface area contributed by atoms with Gasteiger partial charge in [-0.15, -0.1) is 11.3 Å². The number of nitrogens with zero attached hydrogens (tertiary/aromatic N) is 1. The molecule has 1 unspecified atom stereocenters. The van der Waals surface area contributed by atoms with E-state index in [-0.39, 0.29) is 5.75 Å². The number of phenols is 1. The van der Waals surface area contributed by atoms with Crippen molar-refractivity contribution in [3.63, 3.8) is 0 Å². The molecule has 120 valence electrons. The highest BCUT2D eigenvalue weighted by Gasteiger charge is 2.20. The molecule has 0 bridgehead atoms. The Morgan fingerprint density at radius 1 is 1.00 bits per heavy atom. The summed E-state index contributed by atoms with van der Waals surface area (Å²) in [5.74, 6) is 0.108. The minimum absolute atomic E-state index is 0.108. The molecule has 4 heteroatoms. The monoisotopic (exact) mass is 353 g/mol. The van der Waals surface area contributed by atoms with E-state index in [0.717, 1.165) is 24.0 Å². The van der Waals surface area contributed by atoms with Gasteiger partial charge < -0.3 is 5.11 Å². The predicted octanol–water partition coefficient (Wildman–Crippen LogP) is 6.10. The Labute approximate surface area is 150 Å². The Balaban J connectivity index is 1.58. The second-order valence-corrected chi connectivity index (χ2v) is 7.28. The molecular weight excluding hydrogens is 338 g/mol. The Kier molecular flexibility index (Phi) is 4.13. The van der Waals surface area contributed by atoms with Crippen molar-refractivity contribution in [3.8, 4) is 16.9 Å². The molecule has 0 saturated carbocycles. The number of rotatable bonds is 3. The molecule has 1 atom stereocenters. The Morgan fingerprint density at radius 2 is 1.75 bits per heavy atom. The van der Waals surface area contributed by atoms with Crippen molar-refractivity contribution in [1.29, 1.82) is 0 Å². The van der Waals surface area contributed by atoms with Crippen molar-refractivity contribution >= 4 is 28.6 Å². The van der Waals surface area contributed by atoms with E-state index >= 15 is 0 Å². The van der Waals surface area contributed by atoms with Crippen LogP contribution < -0.4 is 0 Å². The van der Waals surface area contributed by atoms with Crippen LogP contribution in [0.5, 0.6) is 5.75 Å². The number of aliphatic imine (C=N–C) groups is 1. The fourth-order valence-electron chi connectivity index (χ4n) is 3.04. The Morgan fingerprint density at radius 3 is 2.46 bits per heavy atom. The van der Waals surface area contributed by atoms with Crippen LogP contribution >= 0.6 is 22.9 Å². The van der Waals surface area contributed by atoms with Gasteiger partial charge in [0.2, 0.25) is 0 Å². The molecule has 2 nitrogen and oxygen atoms in total. The first-order chi connectivity index (χ1) is 11.7. The fraction of sp³-hybridized carbons (Fsp3) is 0.150. The highest BCUT2D eigenvalue weighted by molar-refractivity contribution is 7.10. The summed E-state index contributed by atoms with van der Waals surface area (Å²) >= 11 is 7.77. The fourth-order valence-corrected chi connectivity index (χ4v) is 4.02. The molecule has 0 fully saturated rings. The molecule has 1 aliphatic rings. The third-order valence-electron chi connectivity index (χ3n) is 4.34. The lowest BCUT2D eigenvalue weighted by Crippen LogP contribution is -1.95. The van der Waals surface area contributed by atoms with Crippen molar-refractivity contribution in [1.82, 2.24) is 0 Å².